The van der Waals surface area contributed by atoms with Gasteiger partial charge in [-0.3, -0.25) is 14.4 Å². The van der Waals surface area contributed by atoms with Crippen LogP contribution in [0.2, 0.25) is 0 Å². The highest BCUT2D eigenvalue weighted by atomic mass is 32.1. The minimum Gasteiger partial charge on any atom is -0.356 e. The van der Waals surface area contributed by atoms with Gasteiger partial charge in [0, 0.05) is 56.0 Å². The van der Waals surface area contributed by atoms with Gasteiger partial charge in [0.05, 0.1) is 0 Å². The summed E-state index contributed by atoms with van der Waals surface area (Å²) >= 11 is 1.76. The molecule has 0 saturated carbocycles. The number of hydrogen-bond donors (Lipinski definition) is 2. The molecule has 2 aliphatic rings. The zero-order chi connectivity index (χ0) is 23.0. The van der Waals surface area contributed by atoms with Crippen LogP contribution in [0.3, 0.4) is 0 Å². The summed E-state index contributed by atoms with van der Waals surface area (Å²) in [4.78, 5) is 44.1. The van der Waals surface area contributed by atoms with Crippen molar-refractivity contribution < 1.29 is 14.4 Å². The number of fused-ring (bicyclic) bond motifs is 1. The molecule has 33 heavy (non-hydrogen) atoms. The SMILES string of the molecule is O=C1CCC(=O)Nc2ncc(C=CC(=O)N3CC=C(Cc4cccs4)CC3)cc2CCCN1. The first-order chi connectivity index (χ1) is 16.1. The molecular formula is C25H28N4O3S. The monoisotopic (exact) mass is 464 g/mol. The van der Waals surface area contributed by atoms with E-state index in [0.717, 1.165) is 36.9 Å². The highest BCUT2D eigenvalue weighted by Crippen LogP contribution is 2.21. The van der Waals surface area contributed by atoms with Crippen LogP contribution in [0.15, 0.2) is 47.5 Å². The number of carbonyl (C=O) groups is 3. The van der Waals surface area contributed by atoms with E-state index in [1.165, 1.54) is 10.5 Å². The van der Waals surface area contributed by atoms with Gasteiger partial charge in [0.25, 0.3) is 0 Å². The van der Waals surface area contributed by atoms with Crippen LogP contribution in [-0.2, 0) is 27.2 Å². The Hall–Kier alpha value is -3.26. The van der Waals surface area contributed by atoms with Crippen molar-refractivity contribution in [3.63, 3.8) is 0 Å². The summed E-state index contributed by atoms with van der Waals surface area (Å²) in [5.41, 5.74) is 3.09. The maximum atomic E-state index is 12.7. The van der Waals surface area contributed by atoms with Crippen LogP contribution in [0.5, 0.6) is 0 Å². The van der Waals surface area contributed by atoms with Crippen molar-refractivity contribution in [1.82, 2.24) is 15.2 Å². The number of aromatic nitrogens is 1. The Morgan fingerprint density at radius 3 is 2.85 bits per heavy atom. The molecule has 0 radical (unpaired) electrons. The van der Waals surface area contributed by atoms with Crippen molar-refractivity contribution >= 4 is 41.0 Å². The van der Waals surface area contributed by atoms with Gasteiger partial charge in [-0.1, -0.05) is 17.7 Å². The third-order valence-corrected chi connectivity index (χ3v) is 6.66. The van der Waals surface area contributed by atoms with Crippen LogP contribution in [0, 0.1) is 0 Å². The number of carbonyl (C=O) groups excluding carboxylic acids is 3. The molecule has 2 N–H and O–H groups in total. The predicted octanol–water partition coefficient (Wildman–Crippen LogP) is 3.34. The summed E-state index contributed by atoms with van der Waals surface area (Å²) in [6.07, 6.45) is 10.8. The molecule has 0 saturated heterocycles. The zero-order valence-electron chi connectivity index (χ0n) is 18.5. The van der Waals surface area contributed by atoms with Gasteiger partial charge in [0.15, 0.2) is 0 Å². The average molecular weight is 465 g/mol. The van der Waals surface area contributed by atoms with E-state index < -0.39 is 0 Å². The molecule has 172 valence electrons. The number of aryl methyl sites for hydroxylation is 1. The maximum Gasteiger partial charge on any atom is 0.246 e. The van der Waals surface area contributed by atoms with E-state index in [-0.39, 0.29) is 30.6 Å². The van der Waals surface area contributed by atoms with Crippen molar-refractivity contribution in [2.24, 2.45) is 0 Å². The molecular weight excluding hydrogens is 436 g/mol. The normalized spacial score (nSPS) is 17.6. The highest BCUT2D eigenvalue weighted by molar-refractivity contribution is 7.09. The van der Waals surface area contributed by atoms with Gasteiger partial charge in [-0.2, -0.15) is 0 Å². The van der Waals surface area contributed by atoms with E-state index in [9.17, 15) is 14.4 Å². The summed E-state index contributed by atoms with van der Waals surface area (Å²) in [6, 6.07) is 6.16. The first-order valence-corrected chi connectivity index (χ1v) is 12.2. The van der Waals surface area contributed by atoms with E-state index in [0.29, 0.717) is 25.3 Å². The lowest BCUT2D eigenvalue weighted by atomic mass is 10.0. The first-order valence-electron chi connectivity index (χ1n) is 11.3. The van der Waals surface area contributed by atoms with Crippen molar-refractivity contribution in [3.05, 3.63) is 63.5 Å². The number of nitrogens with zero attached hydrogens (tertiary/aromatic N) is 2. The largest absolute Gasteiger partial charge is 0.356 e. The molecule has 2 aromatic heterocycles. The van der Waals surface area contributed by atoms with Crippen molar-refractivity contribution in [2.45, 2.75) is 38.5 Å². The number of anilines is 1. The molecule has 0 fully saturated rings. The van der Waals surface area contributed by atoms with Gasteiger partial charge in [0.1, 0.15) is 5.82 Å². The Morgan fingerprint density at radius 1 is 1.18 bits per heavy atom. The zero-order valence-corrected chi connectivity index (χ0v) is 19.3. The topological polar surface area (TPSA) is 91.4 Å². The van der Waals surface area contributed by atoms with Crippen LogP contribution in [-0.4, -0.2) is 47.2 Å². The summed E-state index contributed by atoms with van der Waals surface area (Å²) < 4.78 is 0. The predicted molar refractivity (Wildman–Crippen MR) is 130 cm³/mol. The quantitative estimate of drug-likeness (QED) is 0.536. The molecule has 4 rings (SSSR count). The smallest absolute Gasteiger partial charge is 0.246 e. The lowest BCUT2D eigenvalue weighted by Gasteiger charge is -2.25. The Bertz CT molecular complexity index is 1080. The third kappa shape index (κ3) is 6.61. The minimum atomic E-state index is -0.226. The Kier molecular flexibility index (Phi) is 7.67. The molecule has 0 unspecified atom stereocenters. The van der Waals surface area contributed by atoms with E-state index in [4.69, 9.17) is 0 Å². The van der Waals surface area contributed by atoms with E-state index in [2.05, 4.69) is 39.2 Å². The molecule has 0 spiro atoms. The van der Waals surface area contributed by atoms with Crippen LogP contribution in [0.25, 0.3) is 6.08 Å². The summed E-state index contributed by atoms with van der Waals surface area (Å²) in [7, 11) is 0. The average Bonchev–Trinajstić information content (AvgIpc) is 3.32. The molecule has 0 bridgehead atoms. The molecule has 8 heteroatoms. The number of nitrogens with one attached hydrogen (secondary N) is 2. The van der Waals surface area contributed by atoms with E-state index in [1.807, 2.05) is 11.0 Å². The molecule has 3 amide bonds. The fraction of sp³-hybridized carbons (Fsp3) is 0.360. The summed E-state index contributed by atoms with van der Waals surface area (Å²) in [6.45, 7) is 1.91. The fourth-order valence-corrected chi connectivity index (χ4v) is 4.68. The van der Waals surface area contributed by atoms with Crippen LogP contribution >= 0.6 is 11.3 Å². The molecule has 0 aliphatic carbocycles. The van der Waals surface area contributed by atoms with Crippen LogP contribution in [0.4, 0.5) is 5.82 Å². The number of hydrogen-bond acceptors (Lipinski definition) is 5. The van der Waals surface area contributed by atoms with Gasteiger partial charge in [0.2, 0.25) is 17.7 Å². The Balaban J connectivity index is 1.38. The second-order valence-corrected chi connectivity index (χ2v) is 9.30. The third-order valence-electron chi connectivity index (χ3n) is 5.78. The first kappa shape index (κ1) is 22.9. The summed E-state index contributed by atoms with van der Waals surface area (Å²) in [5, 5.41) is 7.73. The molecule has 2 aliphatic heterocycles. The van der Waals surface area contributed by atoms with E-state index in [1.54, 1.807) is 29.7 Å². The van der Waals surface area contributed by atoms with Gasteiger partial charge in [-0.15, -0.1) is 11.3 Å². The van der Waals surface area contributed by atoms with Crippen LogP contribution in [0.1, 0.15) is 41.7 Å². The molecule has 0 aromatic carbocycles. The number of rotatable bonds is 4. The van der Waals surface area contributed by atoms with Gasteiger partial charge in [-0.05, 0) is 54.0 Å². The highest BCUT2D eigenvalue weighted by Gasteiger charge is 2.16. The van der Waals surface area contributed by atoms with Crippen molar-refractivity contribution in [1.29, 1.82) is 0 Å². The maximum absolute atomic E-state index is 12.7. The lowest BCUT2D eigenvalue weighted by molar-refractivity contribution is -0.125. The van der Waals surface area contributed by atoms with Gasteiger partial charge < -0.3 is 15.5 Å². The fourth-order valence-electron chi connectivity index (χ4n) is 3.92. The summed E-state index contributed by atoms with van der Waals surface area (Å²) in [5.74, 6) is 0.166. The number of thiophene rings is 1. The second-order valence-electron chi connectivity index (χ2n) is 8.26. The van der Waals surface area contributed by atoms with Gasteiger partial charge >= 0.3 is 0 Å². The van der Waals surface area contributed by atoms with E-state index >= 15 is 0 Å². The Labute approximate surface area is 197 Å². The number of amides is 3. The second kappa shape index (κ2) is 11.0. The van der Waals surface area contributed by atoms with Crippen LogP contribution < -0.4 is 10.6 Å². The number of pyridine rings is 1. The molecule has 0 atom stereocenters. The molecule has 7 nitrogen and oxygen atoms in total. The lowest BCUT2D eigenvalue weighted by Crippen LogP contribution is -2.33. The van der Waals surface area contributed by atoms with Crippen molar-refractivity contribution in [3.8, 4) is 0 Å². The van der Waals surface area contributed by atoms with Crippen molar-refractivity contribution in [2.75, 3.05) is 25.0 Å². The standard InChI is InChI=1S/C25H28N4O3S/c30-22-6-7-23(31)28-25-20(3-1-11-26-22)15-19(17-27-25)5-8-24(32)29-12-9-18(10-13-29)16-21-4-2-14-33-21/h2,4-5,8-9,14-15,17H,1,3,6-7,10-13,16H2,(H,26,30)(H,27,28,31). The Morgan fingerprint density at radius 2 is 2.06 bits per heavy atom. The molecule has 4 heterocycles. The molecule has 2 aromatic rings. The minimum absolute atomic E-state index is 0.0195. The van der Waals surface area contributed by atoms with Gasteiger partial charge in [-0.25, -0.2) is 4.98 Å².